The van der Waals surface area contributed by atoms with Gasteiger partial charge < -0.3 is 10.6 Å². The van der Waals surface area contributed by atoms with Crippen LogP contribution in [0.2, 0.25) is 0 Å². The molecule has 0 radical (unpaired) electrons. The highest BCUT2D eigenvalue weighted by Crippen LogP contribution is 2.39. The number of hydrogen-bond donors (Lipinski definition) is 2. The molecule has 0 aliphatic carbocycles. The lowest BCUT2D eigenvalue weighted by Gasteiger charge is -2.03. The molecule has 6 heteroatoms. The van der Waals surface area contributed by atoms with Crippen molar-refractivity contribution in [3.8, 4) is 0 Å². The fourth-order valence-corrected chi connectivity index (χ4v) is 2.13. The summed E-state index contributed by atoms with van der Waals surface area (Å²) in [6.07, 6.45) is 0.358. The van der Waals surface area contributed by atoms with Gasteiger partial charge >= 0.3 is 0 Å². The summed E-state index contributed by atoms with van der Waals surface area (Å²) in [5, 5.41) is 6.38. The van der Waals surface area contributed by atoms with Gasteiger partial charge in [0.1, 0.15) is 5.00 Å². The molecular weight excluding hydrogens is 260 g/mol. The topological polar surface area (TPSA) is 58.4 Å². The maximum atomic E-state index is 11.3. The molecule has 0 unspecified atom stereocenters. The minimum atomic E-state index is -0.151. The van der Waals surface area contributed by atoms with E-state index in [9.17, 15) is 4.79 Å². The fraction of sp³-hybridized carbons (Fsp3) is 0.154. The van der Waals surface area contributed by atoms with Crippen molar-refractivity contribution in [1.29, 1.82) is 0 Å². The van der Waals surface area contributed by atoms with Crippen molar-refractivity contribution in [2.24, 2.45) is 0 Å². The zero-order valence-corrected chi connectivity index (χ0v) is 11.1. The molecule has 0 aliphatic heterocycles. The van der Waals surface area contributed by atoms with Crippen molar-refractivity contribution in [3.63, 3.8) is 0 Å². The van der Waals surface area contributed by atoms with E-state index in [1.807, 2.05) is 30.3 Å². The normalized spacial score (nSPS) is 9.68. The number of hydrogen-bond acceptors (Lipinski definition) is 4. The summed E-state index contributed by atoms with van der Waals surface area (Å²) in [6.45, 7) is 8.96. The van der Waals surface area contributed by atoms with E-state index in [2.05, 4.69) is 19.9 Å². The number of carbonyl (C=O) groups is 1. The molecule has 96 valence electrons. The Morgan fingerprint density at radius 2 is 2.16 bits per heavy atom. The van der Waals surface area contributed by atoms with Crippen LogP contribution >= 0.6 is 11.5 Å². The zero-order valence-electron chi connectivity index (χ0n) is 10.3. The van der Waals surface area contributed by atoms with Crippen LogP contribution in [-0.2, 0) is 4.79 Å². The maximum Gasteiger partial charge on any atom is 0.263 e. The van der Waals surface area contributed by atoms with Gasteiger partial charge in [-0.05, 0) is 23.7 Å². The third-order valence-corrected chi connectivity index (χ3v) is 3.14. The Hall–Kier alpha value is -2.39. The number of nitrogens with one attached hydrogen (secondary N) is 2. The standard InChI is InChI=1S/C13H12N4OS/c1-3-10(18)16-12-11(14-2)13(19-17-12)15-9-7-5-4-6-8-9/h4-8,15H,3H2,1H3,(H,16,17,18). The van der Waals surface area contributed by atoms with Gasteiger partial charge in [0.2, 0.25) is 5.91 Å². The van der Waals surface area contributed by atoms with Gasteiger partial charge in [-0.25, -0.2) is 4.85 Å². The van der Waals surface area contributed by atoms with Crippen molar-refractivity contribution < 1.29 is 4.79 Å². The number of rotatable bonds is 4. The van der Waals surface area contributed by atoms with Crippen LogP contribution in [0.4, 0.5) is 22.2 Å². The van der Waals surface area contributed by atoms with E-state index < -0.39 is 0 Å². The molecular formula is C13H12N4OS. The molecule has 0 saturated carbocycles. The highest BCUT2D eigenvalue weighted by Gasteiger charge is 2.15. The van der Waals surface area contributed by atoms with Crippen LogP contribution in [0, 0.1) is 6.57 Å². The first-order valence-corrected chi connectivity index (χ1v) is 6.51. The molecule has 1 aromatic carbocycles. The summed E-state index contributed by atoms with van der Waals surface area (Å²) in [6, 6.07) is 9.53. The molecule has 2 aromatic rings. The Bertz CT molecular complexity index is 615. The predicted octanol–water partition coefficient (Wildman–Crippen LogP) is 3.79. The fourth-order valence-electron chi connectivity index (χ4n) is 1.43. The molecule has 0 aliphatic rings. The summed E-state index contributed by atoms with van der Waals surface area (Å²) in [7, 11) is 0. The van der Waals surface area contributed by atoms with Crippen LogP contribution in [0.5, 0.6) is 0 Å². The first kappa shape index (κ1) is 13.1. The molecule has 1 amide bonds. The summed E-state index contributed by atoms with van der Waals surface area (Å²) in [4.78, 5) is 14.8. The molecule has 1 aromatic heterocycles. The Morgan fingerprint density at radius 1 is 1.42 bits per heavy atom. The van der Waals surface area contributed by atoms with E-state index in [-0.39, 0.29) is 5.91 Å². The van der Waals surface area contributed by atoms with Crippen molar-refractivity contribution in [3.05, 3.63) is 41.7 Å². The van der Waals surface area contributed by atoms with Crippen LogP contribution in [0.15, 0.2) is 30.3 Å². The average Bonchev–Trinajstić information content (AvgIpc) is 2.81. The molecule has 2 rings (SSSR count). The number of aromatic nitrogens is 1. The number of benzene rings is 1. The van der Waals surface area contributed by atoms with Gasteiger partial charge in [0.25, 0.3) is 5.69 Å². The van der Waals surface area contributed by atoms with Crippen LogP contribution in [0.25, 0.3) is 4.85 Å². The van der Waals surface area contributed by atoms with E-state index in [4.69, 9.17) is 6.57 Å². The van der Waals surface area contributed by atoms with Gasteiger partial charge in [-0.1, -0.05) is 25.1 Å². The highest BCUT2D eigenvalue weighted by molar-refractivity contribution is 7.11. The number of nitrogens with zero attached hydrogens (tertiary/aromatic N) is 2. The van der Waals surface area contributed by atoms with Crippen molar-refractivity contribution >= 4 is 39.6 Å². The van der Waals surface area contributed by atoms with Gasteiger partial charge in [0.15, 0.2) is 5.82 Å². The van der Waals surface area contributed by atoms with Gasteiger partial charge in [-0.15, -0.1) is 0 Å². The van der Waals surface area contributed by atoms with Crippen LogP contribution in [-0.4, -0.2) is 10.3 Å². The first-order chi connectivity index (χ1) is 9.24. The van der Waals surface area contributed by atoms with E-state index in [0.717, 1.165) is 17.2 Å². The van der Waals surface area contributed by atoms with Crippen LogP contribution < -0.4 is 10.6 Å². The van der Waals surface area contributed by atoms with Gasteiger partial charge in [0, 0.05) is 12.1 Å². The number of carbonyl (C=O) groups excluding carboxylic acids is 1. The van der Waals surface area contributed by atoms with Crippen LogP contribution in [0.1, 0.15) is 13.3 Å². The minimum absolute atomic E-state index is 0.151. The Kier molecular flexibility index (Phi) is 4.11. The summed E-state index contributed by atoms with van der Waals surface area (Å²) in [5.41, 5.74) is 1.22. The van der Waals surface area contributed by atoms with Crippen molar-refractivity contribution in [2.45, 2.75) is 13.3 Å². The first-order valence-electron chi connectivity index (χ1n) is 5.73. The Labute approximate surface area is 115 Å². The molecule has 19 heavy (non-hydrogen) atoms. The van der Waals surface area contributed by atoms with Crippen molar-refractivity contribution in [1.82, 2.24) is 4.37 Å². The molecule has 2 N–H and O–H groups in total. The largest absolute Gasteiger partial charge is 0.355 e. The monoisotopic (exact) mass is 272 g/mol. The highest BCUT2D eigenvalue weighted by atomic mass is 32.1. The maximum absolute atomic E-state index is 11.3. The van der Waals surface area contributed by atoms with E-state index >= 15 is 0 Å². The summed E-state index contributed by atoms with van der Waals surface area (Å²) < 4.78 is 4.10. The van der Waals surface area contributed by atoms with E-state index in [1.54, 1.807) is 6.92 Å². The predicted molar refractivity (Wildman–Crippen MR) is 77.0 cm³/mol. The third kappa shape index (κ3) is 3.09. The average molecular weight is 272 g/mol. The molecule has 1 heterocycles. The zero-order chi connectivity index (χ0) is 13.7. The number of para-hydroxylation sites is 1. The van der Waals surface area contributed by atoms with E-state index in [0.29, 0.717) is 22.9 Å². The SMILES string of the molecule is [C-]#[N+]c1c(NC(=O)CC)nsc1Nc1ccccc1. The molecule has 0 spiro atoms. The summed E-state index contributed by atoms with van der Waals surface area (Å²) in [5.74, 6) is 0.173. The molecule has 5 nitrogen and oxygen atoms in total. The second-order valence-electron chi connectivity index (χ2n) is 3.71. The number of amides is 1. The summed E-state index contributed by atoms with van der Waals surface area (Å²) >= 11 is 1.16. The molecule has 0 atom stereocenters. The molecule has 0 fully saturated rings. The van der Waals surface area contributed by atoms with Gasteiger partial charge in [0.05, 0.1) is 6.57 Å². The molecule has 0 bridgehead atoms. The quantitative estimate of drug-likeness (QED) is 0.833. The Balaban J connectivity index is 2.23. The second-order valence-corrected chi connectivity index (χ2v) is 4.49. The molecule has 0 saturated heterocycles. The van der Waals surface area contributed by atoms with Crippen LogP contribution in [0.3, 0.4) is 0 Å². The number of anilines is 3. The van der Waals surface area contributed by atoms with E-state index in [1.165, 1.54) is 0 Å². The Morgan fingerprint density at radius 3 is 2.79 bits per heavy atom. The third-order valence-electron chi connectivity index (χ3n) is 2.39. The van der Waals surface area contributed by atoms with Gasteiger partial charge in [-0.2, -0.15) is 4.37 Å². The smallest absolute Gasteiger partial charge is 0.263 e. The minimum Gasteiger partial charge on any atom is -0.355 e. The second kappa shape index (κ2) is 5.98. The lowest BCUT2D eigenvalue weighted by molar-refractivity contribution is -0.115. The lowest BCUT2D eigenvalue weighted by atomic mass is 10.3. The van der Waals surface area contributed by atoms with Gasteiger partial charge in [-0.3, -0.25) is 4.79 Å². The van der Waals surface area contributed by atoms with Crippen molar-refractivity contribution in [2.75, 3.05) is 10.6 Å². The lowest BCUT2D eigenvalue weighted by Crippen LogP contribution is -2.09.